The van der Waals surface area contributed by atoms with Gasteiger partial charge in [0, 0.05) is 25.7 Å². The van der Waals surface area contributed by atoms with Gasteiger partial charge in [0.2, 0.25) is 0 Å². The molecule has 0 heterocycles. The van der Waals surface area contributed by atoms with Gasteiger partial charge >= 0.3 is 0 Å². The molecule has 3 heteroatoms. The van der Waals surface area contributed by atoms with Crippen LogP contribution >= 0.6 is 0 Å². The highest BCUT2D eigenvalue weighted by Gasteiger charge is 2.32. The standard InChI is InChI=1S/C12H26N2O/c1-10(2)9-15-7-6-14(3)12(8-13)11-4-5-11/h10-12H,4-9,13H2,1-3H3. The monoisotopic (exact) mass is 214 g/mol. The van der Waals surface area contributed by atoms with Crippen molar-refractivity contribution in [2.45, 2.75) is 32.7 Å². The molecule has 1 rings (SSSR count). The second kappa shape index (κ2) is 6.46. The molecule has 0 aromatic heterocycles. The van der Waals surface area contributed by atoms with E-state index in [-0.39, 0.29) is 0 Å². The number of ether oxygens (including phenoxy) is 1. The molecule has 90 valence electrons. The first kappa shape index (κ1) is 12.9. The van der Waals surface area contributed by atoms with Crippen LogP contribution in [0.1, 0.15) is 26.7 Å². The number of rotatable bonds is 8. The Kier molecular flexibility index (Phi) is 5.58. The molecule has 1 unspecified atom stereocenters. The average molecular weight is 214 g/mol. The Morgan fingerprint density at radius 3 is 2.53 bits per heavy atom. The van der Waals surface area contributed by atoms with E-state index in [9.17, 15) is 0 Å². The van der Waals surface area contributed by atoms with Crippen molar-refractivity contribution in [2.24, 2.45) is 17.6 Å². The van der Waals surface area contributed by atoms with E-state index in [0.717, 1.165) is 32.2 Å². The topological polar surface area (TPSA) is 38.5 Å². The maximum Gasteiger partial charge on any atom is 0.0593 e. The van der Waals surface area contributed by atoms with Crippen molar-refractivity contribution < 1.29 is 4.74 Å². The molecular weight excluding hydrogens is 188 g/mol. The van der Waals surface area contributed by atoms with Crippen LogP contribution < -0.4 is 5.73 Å². The fourth-order valence-corrected chi connectivity index (χ4v) is 1.91. The van der Waals surface area contributed by atoms with Crippen LogP contribution in [0.4, 0.5) is 0 Å². The lowest BCUT2D eigenvalue weighted by atomic mass is 10.1. The minimum atomic E-state index is 0.577. The number of nitrogens with zero attached hydrogens (tertiary/aromatic N) is 1. The van der Waals surface area contributed by atoms with Gasteiger partial charge in [0.1, 0.15) is 0 Å². The van der Waals surface area contributed by atoms with E-state index in [1.165, 1.54) is 12.8 Å². The molecular formula is C12H26N2O. The lowest BCUT2D eigenvalue weighted by Gasteiger charge is -2.26. The SMILES string of the molecule is CC(C)COCCN(C)C(CN)C1CC1. The zero-order chi connectivity index (χ0) is 11.3. The highest BCUT2D eigenvalue weighted by Crippen LogP contribution is 2.34. The molecule has 0 aromatic rings. The summed E-state index contributed by atoms with van der Waals surface area (Å²) in [7, 11) is 2.16. The highest BCUT2D eigenvalue weighted by atomic mass is 16.5. The quantitative estimate of drug-likeness (QED) is 0.620. The maximum absolute atomic E-state index is 5.78. The molecule has 1 aliphatic rings. The number of hydrogen-bond acceptors (Lipinski definition) is 3. The first-order valence-corrected chi connectivity index (χ1v) is 6.13. The fraction of sp³-hybridized carbons (Fsp3) is 1.00. The summed E-state index contributed by atoms with van der Waals surface area (Å²) in [4.78, 5) is 2.36. The van der Waals surface area contributed by atoms with E-state index in [1.807, 2.05) is 0 Å². The fourth-order valence-electron chi connectivity index (χ4n) is 1.91. The van der Waals surface area contributed by atoms with Gasteiger partial charge in [-0.1, -0.05) is 13.8 Å². The Labute approximate surface area is 94.0 Å². The van der Waals surface area contributed by atoms with Gasteiger partial charge in [-0.05, 0) is 31.7 Å². The summed E-state index contributed by atoms with van der Waals surface area (Å²) in [5.41, 5.74) is 5.78. The Morgan fingerprint density at radius 1 is 1.40 bits per heavy atom. The zero-order valence-corrected chi connectivity index (χ0v) is 10.4. The first-order valence-electron chi connectivity index (χ1n) is 6.13. The van der Waals surface area contributed by atoms with E-state index in [2.05, 4.69) is 25.8 Å². The molecule has 0 saturated heterocycles. The van der Waals surface area contributed by atoms with Crippen molar-refractivity contribution >= 4 is 0 Å². The van der Waals surface area contributed by atoms with Crippen LogP contribution in [0.3, 0.4) is 0 Å². The molecule has 1 fully saturated rings. The van der Waals surface area contributed by atoms with Crippen LogP contribution in [0.25, 0.3) is 0 Å². The van der Waals surface area contributed by atoms with Gasteiger partial charge in [-0.15, -0.1) is 0 Å². The Hall–Kier alpha value is -0.120. The number of nitrogens with two attached hydrogens (primary N) is 1. The third kappa shape index (κ3) is 4.96. The molecule has 0 bridgehead atoms. The normalized spacial score (nSPS) is 18.8. The van der Waals surface area contributed by atoms with E-state index in [4.69, 9.17) is 10.5 Å². The molecule has 3 nitrogen and oxygen atoms in total. The third-order valence-corrected chi connectivity index (χ3v) is 3.01. The Balaban J connectivity index is 2.08. The van der Waals surface area contributed by atoms with E-state index in [0.29, 0.717) is 12.0 Å². The van der Waals surface area contributed by atoms with Gasteiger partial charge in [0.25, 0.3) is 0 Å². The van der Waals surface area contributed by atoms with Gasteiger partial charge in [-0.2, -0.15) is 0 Å². The molecule has 1 atom stereocenters. The summed E-state index contributed by atoms with van der Waals surface area (Å²) in [6.07, 6.45) is 2.72. The van der Waals surface area contributed by atoms with Gasteiger partial charge in [0.15, 0.2) is 0 Å². The van der Waals surface area contributed by atoms with Crippen LogP contribution in [-0.4, -0.2) is 44.3 Å². The van der Waals surface area contributed by atoms with Crippen molar-refractivity contribution in [3.05, 3.63) is 0 Å². The van der Waals surface area contributed by atoms with Crippen LogP contribution in [0.15, 0.2) is 0 Å². The summed E-state index contributed by atoms with van der Waals surface area (Å²) in [6, 6.07) is 0.577. The van der Waals surface area contributed by atoms with Gasteiger partial charge in [-0.3, -0.25) is 4.90 Å². The molecule has 2 N–H and O–H groups in total. The summed E-state index contributed by atoms with van der Waals surface area (Å²) in [6.45, 7) is 7.84. The van der Waals surface area contributed by atoms with Crippen LogP contribution in [0.5, 0.6) is 0 Å². The average Bonchev–Trinajstić information content (AvgIpc) is 2.97. The molecule has 1 aliphatic carbocycles. The van der Waals surface area contributed by atoms with Gasteiger partial charge in [-0.25, -0.2) is 0 Å². The maximum atomic E-state index is 5.78. The molecule has 15 heavy (non-hydrogen) atoms. The Morgan fingerprint density at radius 2 is 2.07 bits per heavy atom. The van der Waals surface area contributed by atoms with Crippen molar-refractivity contribution in [2.75, 3.05) is 33.4 Å². The minimum absolute atomic E-state index is 0.577. The number of likely N-dealkylation sites (N-methyl/N-ethyl adjacent to an activating group) is 1. The molecule has 1 saturated carbocycles. The van der Waals surface area contributed by atoms with Gasteiger partial charge < -0.3 is 10.5 Å². The van der Waals surface area contributed by atoms with E-state index < -0.39 is 0 Å². The van der Waals surface area contributed by atoms with Crippen molar-refractivity contribution in [1.29, 1.82) is 0 Å². The molecule has 0 radical (unpaired) electrons. The second-order valence-electron chi connectivity index (χ2n) is 5.09. The molecule has 0 aliphatic heterocycles. The molecule has 0 aromatic carbocycles. The predicted molar refractivity (Wildman–Crippen MR) is 63.9 cm³/mol. The predicted octanol–water partition coefficient (Wildman–Crippen LogP) is 1.33. The third-order valence-electron chi connectivity index (χ3n) is 3.01. The van der Waals surface area contributed by atoms with Crippen molar-refractivity contribution in [3.63, 3.8) is 0 Å². The van der Waals surface area contributed by atoms with E-state index >= 15 is 0 Å². The first-order chi connectivity index (χ1) is 7.15. The molecule has 0 spiro atoms. The smallest absolute Gasteiger partial charge is 0.0593 e. The summed E-state index contributed by atoms with van der Waals surface area (Å²) < 4.78 is 5.58. The second-order valence-corrected chi connectivity index (χ2v) is 5.09. The highest BCUT2D eigenvalue weighted by molar-refractivity contribution is 4.87. The van der Waals surface area contributed by atoms with Crippen molar-refractivity contribution in [3.8, 4) is 0 Å². The number of hydrogen-bond donors (Lipinski definition) is 1. The largest absolute Gasteiger partial charge is 0.380 e. The molecule has 0 amide bonds. The van der Waals surface area contributed by atoms with Crippen LogP contribution in [0, 0.1) is 11.8 Å². The summed E-state index contributed by atoms with van der Waals surface area (Å²) in [5.74, 6) is 1.48. The summed E-state index contributed by atoms with van der Waals surface area (Å²) >= 11 is 0. The lowest BCUT2D eigenvalue weighted by Crippen LogP contribution is -2.41. The van der Waals surface area contributed by atoms with Crippen LogP contribution in [-0.2, 0) is 4.74 Å². The lowest BCUT2D eigenvalue weighted by molar-refractivity contribution is 0.0791. The van der Waals surface area contributed by atoms with Crippen LogP contribution in [0.2, 0.25) is 0 Å². The van der Waals surface area contributed by atoms with Gasteiger partial charge in [0.05, 0.1) is 6.61 Å². The van der Waals surface area contributed by atoms with E-state index in [1.54, 1.807) is 0 Å². The summed E-state index contributed by atoms with van der Waals surface area (Å²) in [5, 5.41) is 0. The minimum Gasteiger partial charge on any atom is -0.380 e. The Bertz CT molecular complexity index is 169. The zero-order valence-electron chi connectivity index (χ0n) is 10.4. The van der Waals surface area contributed by atoms with Crippen molar-refractivity contribution in [1.82, 2.24) is 4.90 Å².